The Labute approximate surface area is 147 Å². The maximum absolute atomic E-state index is 13.0. The number of hydrogen-bond donors (Lipinski definition) is 1. The summed E-state index contributed by atoms with van der Waals surface area (Å²) < 4.78 is 65.3. The van der Waals surface area contributed by atoms with Crippen LogP contribution in [0.4, 0.5) is 13.2 Å². The largest absolute Gasteiger partial charge is 0.426 e. The summed E-state index contributed by atoms with van der Waals surface area (Å²) in [6, 6.07) is 10.2. The Bertz CT molecular complexity index is 834. The molecule has 9 heteroatoms. The molecule has 25 heavy (non-hydrogen) atoms. The lowest BCUT2D eigenvalue weighted by Gasteiger charge is -2.17. The molecule has 4 nitrogen and oxygen atoms in total. The Morgan fingerprint density at radius 3 is 2.48 bits per heavy atom. The van der Waals surface area contributed by atoms with Crippen LogP contribution in [0.3, 0.4) is 0 Å². The number of hydrogen-bond acceptors (Lipinski definition) is 4. The predicted octanol–water partition coefficient (Wildman–Crippen LogP) is 2.99. The molecule has 1 aliphatic heterocycles. The third-order valence-electron chi connectivity index (χ3n) is 4.22. The molecule has 0 spiro atoms. The fraction of sp³-hybridized carbons (Fsp3) is 0.375. The minimum Gasteiger partial charge on any atom is -0.391 e. The number of alkyl halides is 3. The number of aliphatic hydroxyl groups is 1. The normalized spacial score (nSPS) is 22.4. The molecule has 0 saturated carbocycles. The second kappa shape index (κ2) is 6.71. The van der Waals surface area contributed by atoms with Gasteiger partial charge in [-0.1, -0.05) is 30.3 Å². The molecule has 3 rings (SSSR count). The highest BCUT2D eigenvalue weighted by atomic mass is 32.2. The maximum Gasteiger partial charge on any atom is 0.426 e. The van der Waals surface area contributed by atoms with Gasteiger partial charge < -0.3 is 5.11 Å². The smallest absolute Gasteiger partial charge is 0.391 e. The van der Waals surface area contributed by atoms with E-state index in [4.69, 9.17) is 0 Å². The first kappa shape index (κ1) is 18.4. The van der Waals surface area contributed by atoms with Gasteiger partial charge in [0.15, 0.2) is 0 Å². The number of benzene rings is 1. The summed E-state index contributed by atoms with van der Waals surface area (Å²) in [6.07, 6.45) is -5.18. The number of halogens is 3. The van der Waals surface area contributed by atoms with E-state index in [1.807, 2.05) is 30.3 Å². The lowest BCUT2D eigenvalue weighted by Crippen LogP contribution is -2.30. The van der Waals surface area contributed by atoms with Crippen LogP contribution in [0.25, 0.3) is 0 Å². The predicted molar refractivity (Wildman–Crippen MR) is 87.7 cm³/mol. The van der Waals surface area contributed by atoms with E-state index in [1.54, 1.807) is 0 Å². The third kappa shape index (κ3) is 3.74. The standard InChI is InChI=1S/C16H16F3NO3S2/c17-16(18,19)15-14(6-7-24-15)25(22,23)20-9-12(13(21)10-20)8-11-4-2-1-3-5-11/h1-7,12-13,21H,8-10H2/t12-,13-/m1/s1. The summed E-state index contributed by atoms with van der Waals surface area (Å²) in [6.45, 7) is -0.210. The Morgan fingerprint density at radius 1 is 1.16 bits per heavy atom. The van der Waals surface area contributed by atoms with Crippen molar-refractivity contribution in [1.29, 1.82) is 0 Å². The van der Waals surface area contributed by atoms with Gasteiger partial charge in [0.2, 0.25) is 10.0 Å². The number of aliphatic hydroxyl groups excluding tert-OH is 1. The fourth-order valence-electron chi connectivity index (χ4n) is 2.98. The Hall–Kier alpha value is -1.42. The zero-order valence-electron chi connectivity index (χ0n) is 13.0. The Balaban J connectivity index is 1.82. The maximum atomic E-state index is 13.0. The van der Waals surface area contributed by atoms with Gasteiger partial charge in [-0.15, -0.1) is 11.3 Å². The molecule has 2 atom stereocenters. The van der Waals surface area contributed by atoms with E-state index in [0.717, 1.165) is 21.3 Å². The first-order valence-corrected chi connectivity index (χ1v) is 9.88. The summed E-state index contributed by atoms with van der Waals surface area (Å²) in [5, 5.41) is 11.3. The molecule has 2 heterocycles. The molecule has 1 aromatic heterocycles. The molecule has 2 aromatic rings. The van der Waals surface area contributed by atoms with Gasteiger partial charge in [0.05, 0.1) is 6.10 Å². The van der Waals surface area contributed by atoms with Crippen LogP contribution in [0, 0.1) is 5.92 Å². The average molecular weight is 391 g/mol. The summed E-state index contributed by atoms with van der Waals surface area (Å²) in [5.74, 6) is -0.356. The molecule has 0 aliphatic carbocycles. The number of sulfonamides is 1. The first-order valence-electron chi connectivity index (χ1n) is 7.56. The molecular weight excluding hydrogens is 375 g/mol. The molecule has 1 aromatic carbocycles. The Morgan fingerprint density at radius 2 is 1.84 bits per heavy atom. The second-order valence-electron chi connectivity index (χ2n) is 5.95. The van der Waals surface area contributed by atoms with Gasteiger partial charge in [0, 0.05) is 19.0 Å². The van der Waals surface area contributed by atoms with Crippen LogP contribution in [0.1, 0.15) is 10.4 Å². The lowest BCUT2D eigenvalue weighted by atomic mass is 9.97. The molecular formula is C16H16F3NO3S2. The number of rotatable bonds is 4. The topological polar surface area (TPSA) is 57.6 Å². The fourth-order valence-corrected chi connectivity index (χ4v) is 5.78. The Kier molecular flexibility index (Phi) is 4.93. The van der Waals surface area contributed by atoms with Gasteiger partial charge in [-0.3, -0.25) is 0 Å². The van der Waals surface area contributed by atoms with Gasteiger partial charge >= 0.3 is 6.18 Å². The van der Waals surface area contributed by atoms with Crippen LogP contribution in [-0.2, 0) is 22.6 Å². The van der Waals surface area contributed by atoms with Gasteiger partial charge in [-0.25, -0.2) is 8.42 Å². The highest BCUT2D eigenvalue weighted by Crippen LogP contribution is 2.40. The van der Waals surface area contributed by atoms with E-state index < -0.39 is 32.1 Å². The summed E-state index contributed by atoms with van der Waals surface area (Å²) in [7, 11) is -4.30. The zero-order chi connectivity index (χ0) is 18.2. The van der Waals surface area contributed by atoms with Crippen LogP contribution < -0.4 is 0 Å². The van der Waals surface area contributed by atoms with E-state index in [0.29, 0.717) is 17.8 Å². The molecule has 0 bridgehead atoms. The van der Waals surface area contributed by atoms with Crippen molar-refractivity contribution in [1.82, 2.24) is 4.31 Å². The number of thiophene rings is 1. The summed E-state index contributed by atoms with van der Waals surface area (Å²) in [4.78, 5) is -1.87. The summed E-state index contributed by atoms with van der Waals surface area (Å²) in [5.41, 5.74) is 0.942. The van der Waals surface area contributed by atoms with Crippen LogP contribution in [0.5, 0.6) is 0 Å². The highest BCUT2D eigenvalue weighted by Gasteiger charge is 2.44. The van der Waals surface area contributed by atoms with Crippen LogP contribution >= 0.6 is 11.3 Å². The molecule has 136 valence electrons. The van der Waals surface area contributed by atoms with Crippen molar-refractivity contribution in [2.45, 2.75) is 23.6 Å². The second-order valence-corrected chi connectivity index (χ2v) is 8.77. The molecule has 1 fully saturated rings. The van der Waals surface area contributed by atoms with Crippen molar-refractivity contribution in [2.75, 3.05) is 13.1 Å². The van der Waals surface area contributed by atoms with Crippen molar-refractivity contribution in [3.8, 4) is 0 Å². The van der Waals surface area contributed by atoms with Crippen LogP contribution in [0.15, 0.2) is 46.7 Å². The van der Waals surface area contributed by atoms with Crippen molar-refractivity contribution in [3.05, 3.63) is 52.2 Å². The zero-order valence-corrected chi connectivity index (χ0v) is 14.6. The molecule has 0 unspecified atom stereocenters. The van der Waals surface area contributed by atoms with Crippen LogP contribution in [0.2, 0.25) is 0 Å². The van der Waals surface area contributed by atoms with E-state index in [-0.39, 0.29) is 19.0 Å². The number of nitrogens with zero attached hydrogens (tertiary/aromatic N) is 1. The van der Waals surface area contributed by atoms with Gasteiger partial charge in [-0.2, -0.15) is 17.5 Å². The van der Waals surface area contributed by atoms with Crippen molar-refractivity contribution >= 4 is 21.4 Å². The van der Waals surface area contributed by atoms with E-state index in [9.17, 15) is 26.7 Å². The minimum atomic E-state index is -4.72. The van der Waals surface area contributed by atoms with Gasteiger partial charge in [0.25, 0.3) is 0 Å². The number of β-amino-alcohol motifs (C(OH)–C–C–N with tert-alkyl or cyclic N) is 1. The monoisotopic (exact) mass is 391 g/mol. The molecule has 0 radical (unpaired) electrons. The molecule has 1 saturated heterocycles. The third-order valence-corrected chi connectivity index (χ3v) is 7.18. The van der Waals surface area contributed by atoms with Gasteiger partial charge in [-0.05, 0) is 23.4 Å². The molecule has 0 amide bonds. The van der Waals surface area contributed by atoms with Crippen molar-refractivity contribution in [3.63, 3.8) is 0 Å². The van der Waals surface area contributed by atoms with E-state index >= 15 is 0 Å². The average Bonchev–Trinajstić information content (AvgIpc) is 3.16. The highest BCUT2D eigenvalue weighted by molar-refractivity contribution is 7.89. The molecule has 1 aliphatic rings. The van der Waals surface area contributed by atoms with Gasteiger partial charge in [0.1, 0.15) is 9.77 Å². The van der Waals surface area contributed by atoms with Crippen molar-refractivity contribution in [2.24, 2.45) is 5.92 Å². The van der Waals surface area contributed by atoms with Crippen LogP contribution in [-0.4, -0.2) is 37.0 Å². The van der Waals surface area contributed by atoms with E-state index in [1.165, 1.54) is 0 Å². The first-order chi connectivity index (χ1) is 11.7. The molecule has 1 N–H and O–H groups in total. The quantitative estimate of drug-likeness (QED) is 0.872. The SMILES string of the molecule is O=S(=O)(c1ccsc1C(F)(F)F)N1C[C@@H](Cc2ccccc2)[C@H](O)C1. The summed E-state index contributed by atoms with van der Waals surface area (Å²) >= 11 is 0.353. The van der Waals surface area contributed by atoms with Crippen molar-refractivity contribution < 1.29 is 26.7 Å². The van der Waals surface area contributed by atoms with E-state index in [2.05, 4.69) is 0 Å². The minimum absolute atomic E-state index is 0.00839. The lowest BCUT2D eigenvalue weighted by molar-refractivity contribution is -0.136.